The average molecular weight is 488 g/mol. The van der Waals surface area contributed by atoms with E-state index in [-0.39, 0.29) is 5.91 Å². The Kier molecular flexibility index (Phi) is 7.85. The number of anilines is 1. The van der Waals surface area contributed by atoms with Crippen LogP contribution in [0.3, 0.4) is 0 Å². The molecular formula is C28H26ClN3O3. The summed E-state index contributed by atoms with van der Waals surface area (Å²) in [5.41, 5.74) is 3.90. The Morgan fingerprint density at radius 1 is 1.09 bits per heavy atom. The van der Waals surface area contributed by atoms with Gasteiger partial charge in [-0.1, -0.05) is 41.9 Å². The number of ether oxygens (including phenoxy) is 2. The normalized spacial score (nSPS) is 10.9. The molecule has 0 aliphatic carbocycles. The van der Waals surface area contributed by atoms with Crippen LogP contribution in [0, 0.1) is 6.92 Å². The number of amides is 1. The molecule has 35 heavy (non-hydrogen) atoms. The van der Waals surface area contributed by atoms with Crippen LogP contribution >= 0.6 is 11.6 Å². The van der Waals surface area contributed by atoms with E-state index in [0.717, 1.165) is 33.8 Å². The van der Waals surface area contributed by atoms with Crippen molar-refractivity contribution in [3.63, 3.8) is 0 Å². The first-order valence-corrected chi connectivity index (χ1v) is 11.5. The van der Waals surface area contributed by atoms with Crippen molar-refractivity contribution >= 4 is 29.4 Å². The van der Waals surface area contributed by atoms with Gasteiger partial charge in [0.05, 0.1) is 13.7 Å². The summed E-state index contributed by atoms with van der Waals surface area (Å²) in [5, 5.41) is 7.86. The van der Waals surface area contributed by atoms with Crippen LogP contribution in [0.25, 0.3) is 6.08 Å². The SMILES string of the molecule is COc1ccc(/C=C/C(=O)Nc2ccn(Cc3cccc(Cl)c3)n2)cc1COc1cccc(C)c1. The number of hydrogen-bond acceptors (Lipinski definition) is 4. The number of benzene rings is 3. The zero-order valence-electron chi connectivity index (χ0n) is 19.6. The van der Waals surface area contributed by atoms with Gasteiger partial charge in [-0.25, -0.2) is 0 Å². The molecule has 0 aliphatic heterocycles. The van der Waals surface area contributed by atoms with Crippen LogP contribution in [-0.4, -0.2) is 22.8 Å². The summed E-state index contributed by atoms with van der Waals surface area (Å²) >= 11 is 6.04. The minimum atomic E-state index is -0.272. The lowest BCUT2D eigenvalue weighted by molar-refractivity contribution is -0.111. The number of rotatable bonds is 9. The van der Waals surface area contributed by atoms with Gasteiger partial charge in [-0.05, 0) is 66.1 Å². The smallest absolute Gasteiger partial charge is 0.249 e. The fourth-order valence-corrected chi connectivity index (χ4v) is 3.77. The third-order valence-corrected chi connectivity index (χ3v) is 5.48. The molecule has 0 saturated heterocycles. The van der Waals surface area contributed by atoms with E-state index >= 15 is 0 Å². The quantitative estimate of drug-likeness (QED) is 0.288. The van der Waals surface area contributed by atoms with Gasteiger partial charge >= 0.3 is 0 Å². The van der Waals surface area contributed by atoms with Gasteiger partial charge in [-0.2, -0.15) is 5.10 Å². The van der Waals surface area contributed by atoms with Crippen LogP contribution < -0.4 is 14.8 Å². The van der Waals surface area contributed by atoms with Crippen molar-refractivity contribution < 1.29 is 14.3 Å². The Morgan fingerprint density at radius 2 is 1.94 bits per heavy atom. The van der Waals surface area contributed by atoms with Gasteiger partial charge in [-0.3, -0.25) is 9.48 Å². The van der Waals surface area contributed by atoms with Crippen molar-refractivity contribution in [3.05, 3.63) is 112 Å². The summed E-state index contributed by atoms with van der Waals surface area (Å²) < 4.78 is 13.1. The lowest BCUT2D eigenvalue weighted by Gasteiger charge is -2.11. The molecule has 1 amide bonds. The molecule has 0 fully saturated rings. The first-order valence-electron chi connectivity index (χ1n) is 11.1. The van der Waals surface area contributed by atoms with Crippen molar-refractivity contribution in [1.82, 2.24) is 9.78 Å². The van der Waals surface area contributed by atoms with E-state index in [1.807, 2.05) is 79.9 Å². The Morgan fingerprint density at radius 3 is 2.74 bits per heavy atom. The highest BCUT2D eigenvalue weighted by Crippen LogP contribution is 2.23. The number of aromatic nitrogens is 2. The number of aryl methyl sites for hydroxylation is 1. The number of carbonyl (C=O) groups excluding carboxylic acids is 1. The molecule has 0 radical (unpaired) electrons. The van der Waals surface area contributed by atoms with Gasteiger partial charge in [0.25, 0.3) is 0 Å². The number of nitrogens with one attached hydrogen (secondary N) is 1. The van der Waals surface area contributed by atoms with Crippen molar-refractivity contribution in [2.45, 2.75) is 20.1 Å². The molecule has 1 aromatic heterocycles. The third-order valence-electron chi connectivity index (χ3n) is 5.24. The van der Waals surface area contributed by atoms with Crippen LogP contribution in [0.2, 0.25) is 5.02 Å². The summed E-state index contributed by atoms with van der Waals surface area (Å²) in [6, 6.07) is 22.9. The maximum Gasteiger partial charge on any atom is 0.249 e. The molecule has 0 aliphatic rings. The van der Waals surface area contributed by atoms with Gasteiger partial charge in [-0.15, -0.1) is 0 Å². The van der Waals surface area contributed by atoms with Gasteiger partial charge in [0, 0.05) is 28.9 Å². The van der Waals surface area contributed by atoms with E-state index < -0.39 is 0 Å². The predicted molar refractivity (Wildman–Crippen MR) is 139 cm³/mol. The average Bonchev–Trinajstić information content (AvgIpc) is 3.28. The zero-order chi connectivity index (χ0) is 24.6. The molecule has 6 nitrogen and oxygen atoms in total. The number of methoxy groups -OCH3 is 1. The molecular weight excluding hydrogens is 462 g/mol. The lowest BCUT2D eigenvalue weighted by atomic mass is 10.1. The topological polar surface area (TPSA) is 65.4 Å². The Labute approximate surface area is 209 Å². The van der Waals surface area contributed by atoms with Crippen molar-refractivity contribution in [2.24, 2.45) is 0 Å². The first kappa shape index (κ1) is 24.1. The molecule has 4 rings (SSSR count). The molecule has 0 unspecified atom stereocenters. The van der Waals surface area contributed by atoms with Crippen LogP contribution in [-0.2, 0) is 17.9 Å². The van der Waals surface area contributed by atoms with Crippen LogP contribution in [0.1, 0.15) is 22.3 Å². The molecule has 1 N–H and O–H groups in total. The van der Waals surface area contributed by atoms with Gasteiger partial charge in [0.1, 0.15) is 18.1 Å². The van der Waals surface area contributed by atoms with E-state index in [0.29, 0.717) is 24.0 Å². The molecule has 0 saturated carbocycles. The zero-order valence-corrected chi connectivity index (χ0v) is 20.3. The molecule has 178 valence electrons. The van der Waals surface area contributed by atoms with Crippen LogP contribution in [0.5, 0.6) is 11.5 Å². The first-order chi connectivity index (χ1) is 17.0. The highest BCUT2D eigenvalue weighted by Gasteiger charge is 2.07. The minimum Gasteiger partial charge on any atom is -0.496 e. The monoisotopic (exact) mass is 487 g/mol. The maximum absolute atomic E-state index is 12.4. The van der Waals surface area contributed by atoms with E-state index in [1.165, 1.54) is 6.08 Å². The summed E-state index contributed by atoms with van der Waals surface area (Å²) in [6.07, 6.45) is 5.03. The van der Waals surface area contributed by atoms with E-state index in [4.69, 9.17) is 21.1 Å². The second kappa shape index (κ2) is 11.4. The predicted octanol–water partition coefficient (Wildman–Crippen LogP) is 6.13. The summed E-state index contributed by atoms with van der Waals surface area (Å²) in [7, 11) is 1.62. The van der Waals surface area contributed by atoms with Crippen LogP contribution in [0.4, 0.5) is 5.82 Å². The highest BCUT2D eigenvalue weighted by atomic mass is 35.5. The highest BCUT2D eigenvalue weighted by molar-refractivity contribution is 6.30. The largest absolute Gasteiger partial charge is 0.496 e. The number of halogens is 1. The van der Waals surface area contributed by atoms with Crippen molar-refractivity contribution in [1.29, 1.82) is 0 Å². The molecule has 0 bridgehead atoms. The molecule has 3 aromatic carbocycles. The van der Waals surface area contributed by atoms with Gasteiger partial charge in [0.2, 0.25) is 5.91 Å². The van der Waals surface area contributed by atoms with Crippen molar-refractivity contribution in [3.8, 4) is 11.5 Å². The number of hydrogen-bond donors (Lipinski definition) is 1. The van der Waals surface area contributed by atoms with Gasteiger partial charge < -0.3 is 14.8 Å². The maximum atomic E-state index is 12.4. The van der Waals surface area contributed by atoms with E-state index in [1.54, 1.807) is 23.9 Å². The summed E-state index contributed by atoms with van der Waals surface area (Å²) in [6.45, 7) is 2.93. The van der Waals surface area contributed by atoms with E-state index in [9.17, 15) is 4.79 Å². The number of nitrogens with zero attached hydrogens (tertiary/aromatic N) is 2. The van der Waals surface area contributed by atoms with Crippen LogP contribution in [0.15, 0.2) is 85.1 Å². The molecule has 1 heterocycles. The fourth-order valence-electron chi connectivity index (χ4n) is 3.56. The van der Waals surface area contributed by atoms with Crippen molar-refractivity contribution in [2.75, 3.05) is 12.4 Å². The summed E-state index contributed by atoms with van der Waals surface area (Å²) in [4.78, 5) is 12.4. The second-order valence-electron chi connectivity index (χ2n) is 8.03. The Hall–Kier alpha value is -4.03. The van der Waals surface area contributed by atoms with E-state index in [2.05, 4.69) is 10.4 Å². The Bertz CT molecular complexity index is 1350. The molecule has 0 atom stereocenters. The number of carbonyl (C=O) groups is 1. The van der Waals surface area contributed by atoms with Gasteiger partial charge in [0.15, 0.2) is 5.82 Å². The molecule has 0 spiro atoms. The third kappa shape index (κ3) is 6.98. The summed E-state index contributed by atoms with van der Waals surface area (Å²) in [5.74, 6) is 1.72. The Balaban J connectivity index is 1.37. The lowest BCUT2D eigenvalue weighted by Crippen LogP contribution is -2.09. The second-order valence-corrected chi connectivity index (χ2v) is 8.46. The molecule has 7 heteroatoms. The minimum absolute atomic E-state index is 0.272. The molecule has 4 aromatic rings. The standard InChI is InChI=1S/C28H26ClN3O3/c1-20-5-3-8-25(15-20)35-19-23-16-21(9-11-26(23)34-2)10-12-28(33)30-27-13-14-32(31-27)18-22-6-4-7-24(29)17-22/h3-17H,18-19H2,1-2H3,(H,30,31,33)/b12-10+. The fraction of sp³-hybridized carbons (Fsp3) is 0.143.